The molecule has 0 aromatic heterocycles. The van der Waals surface area contributed by atoms with E-state index < -0.39 is 11.7 Å². The van der Waals surface area contributed by atoms with E-state index in [1.807, 2.05) is 0 Å². The molecule has 0 amide bonds. The van der Waals surface area contributed by atoms with Gasteiger partial charge in [0.2, 0.25) is 0 Å². The molecule has 2 aliphatic rings. The Morgan fingerprint density at radius 2 is 1.63 bits per heavy atom. The molecule has 0 saturated carbocycles. The van der Waals surface area contributed by atoms with E-state index in [0.717, 1.165) is 38.3 Å². The van der Waals surface area contributed by atoms with Gasteiger partial charge in [0.1, 0.15) is 0 Å². The van der Waals surface area contributed by atoms with Gasteiger partial charge >= 0.3 is 6.18 Å². The average Bonchev–Trinajstić information content (AvgIpc) is 2.67. The van der Waals surface area contributed by atoms with Crippen LogP contribution in [0, 0.1) is 5.92 Å². The van der Waals surface area contributed by atoms with Crippen LogP contribution in [0.25, 0.3) is 0 Å². The molecular weight excluding hydrogens is 351 g/mol. The molecular formula is C21H32F3N3. The summed E-state index contributed by atoms with van der Waals surface area (Å²) in [5.74, 6) is 0.506. The van der Waals surface area contributed by atoms with Gasteiger partial charge in [-0.3, -0.25) is 9.80 Å². The molecule has 0 aliphatic carbocycles. The molecule has 2 heterocycles. The van der Waals surface area contributed by atoms with Crippen molar-refractivity contribution < 1.29 is 13.2 Å². The first-order chi connectivity index (χ1) is 12.8. The lowest BCUT2D eigenvalue weighted by Crippen LogP contribution is -2.59. The van der Waals surface area contributed by atoms with Gasteiger partial charge in [-0.25, -0.2) is 0 Å². The molecule has 1 N–H and O–H groups in total. The Labute approximate surface area is 160 Å². The standard InChI is InChI=1S/C21H32F3N3/c1-15(2)20-14-26(19-8-10-25-11-9-19)12-13-27(20)16(3)17-4-6-18(7-5-17)21(22,23)24/h4-7,15-16,19-20,25H,8-14H2,1-3H3. The van der Waals surface area contributed by atoms with Crippen LogP contribution in [-0.4, -0.2) is 54.6 Å². The van der Waals surface area contributed by atoms with Crippen LogP contribution < -0.4 is 5.32 Å². The molecule has 0 spiro atoms. The average molecular weight is 384 g/mol. The van der Waals surface area contributed by atoms with Crippen LogP contribution in [-0.2, 0) is 6.18 Å². The van der Waals surface area contributed by atoms with Crippen molar-refractivity contribution in [1.29, 1.82) is 0 Å². The first kappa shape index (κ1) is 20.6. The van der Waals surface area contributed by atoms with Gasteiger partial charge in [0.05, 0.1) is 5.56 Å². The molecule has 27 heavy (non-hydrogen) atoms. The minimum atomic E-state index is -4.28. The Bertz CT molecular complexity index is 594. The van der Waals surface area contributed by atoms with Crippen molar-refractivity contribution >= 4 is 0 Å². The third kappa shape index (κ3) is 4.84. The Hall–Kier alpha value is -1.11. The van der Waals surface area contributed by atoms with Crippen LogP contribution in [0.15, 0.2) is 24.3 Å². The zero-order valence-corrected chi connectivity index (χ0v) is 16.6. The highest BCUT2D eigenvalue weighted by Crippen LogP contribution is 2.33. The molecule has 1 aromatic rings. The van der Waals surface area contributed by atoms with E-state index in [1.165, 1.54) is 25.0 Å². The summed E-state index contributed by atoms with van der Waals surface area (Å²) in [4.78, 5) is 5.13. The maximum absolute atomic E-state index is 12.8. The summed E-state index contributed by atoms with van der Waals surface area (Å²) < 4.78 is 38.5. The third-order valence-electron chi connectivity index (χ3n) is 6.31. The number of nitrogens with zero attached hydrogens (tertiary/aromatic N) is 2. The molecule has 3 nitrogen and oxygen atoms in total. The molecule has 2 unspecified atom stereocenters. The minimum Gasteiger partial charge on any atom is -0.317 e. The molecule has 152 valence electrons. The minimum absolute atomic E-state index is 0.120. The van der Waals surface area contributed by atoms with E-state index in [9.17, 15) is 13.2 Å². The van der Waals surface area contributed by atoms with Crippen molar-refractivity contribution in [2.45, 2.75) is 57.9 Å². The van der Waals surface area contributed by atoms with E-state index in [-0.39, 0.29) is 6.04 Å². The fourth-order valence-electron chi connectivity index (χ4n) is 4.57. The number of hydrogen-bond acceptors (Lipinski definition) is 3. The molecule has 6 heteroatoms. The SMILES string of the molecule is CC(C)C1CN(C2CCNCC2)CCN1C(C)c1ccc(C(F)(F)F)cc1. The van der Waals surface area contributed by atoms with Crippen molar-refractivity contribution in [2.24, 2.45) is 5.92 Å². The normalized spacial score (nSPS) is 25.1. The fraction of sp³-hybridized carbons (Fsp3) is 0.714. The Morgan fingerprint density at radius 1 is 1.00 bits per heavy atom. The quantitative estimate of drug-likeness (QED) is 0.842. The van der Waals surface area contributed by atoms with Gasteiger partial charge in [0, 0.05) is 37.8 Å². The first-order valence-corrected chi connectivity index (χ1v) is 10.1. The van der Waals surface area contributed by atoms with Gasteiger partial charge in [-0.2, -0.15) is 13.2 Å². The lowest BCUT2D eigenvalue weighted by atomic mass is 9.93. The smallest absolute Gasteiger partial charge is 0.317 e. The summed E-state index contributed by atoms with van der Waals surface area (Å²) >= 11 is 0. The number of nitrogens with one attached hydrogen (secondary N) is 1. The summed E-state index contributed by atoms with van der Waals surface area (Å²) in [7, 11) is 0. The number of piperazine rings is 1. The lowest BCUT2D eigenvalue weighted by Gasteiger charge is -2.49. The van der Waals surface area contributed by atoms with E-state index in [4.69, 9.17) is 0 Å². The van der Waals surface area contributed by atoms with Crippen LogP contribution >= 0.6 is 0 Å². The summed E-state index contributed by atoms with van der Waals surface area (Å²) in [6.45, 7) is 11.9. The molecule has 1 aromatic carbocycles. The molecule has 2 aliphatic heterocycles. The second-order valence-corrected chi connectivity index (χ2v) is 8.32. The number of hydrogen-bond donors (Lipinski definition) is 1. The van der Waals surface area contributed by atoms with Crippen LogP contribution in [0.2, 0.25) is 0 Å². The van der Waals surface area contributed by atoms with Crippen LogP contribution in [0.5, 0.6) is 0 Å². The van der Waals surface area contributed by atoms with Crippen molar-refractivity contribution in [1.82, 2.24) is 15.1 Å². The maximum atomic E-state index is 12.8. The molecule has 2 fully saturated rings. The van der Waals surface area contributed by atoms with Gasteiger partial charge in [-0.15, -0.1) is 0 Å². The fourth-order valence-corrected chi connectivity index (χ4v) is 4.57. The van der Waals surface area contributed by atoms with Crippen LogP contribution in [0.1, 0.15) is 50.8 Å². The van der Waals surface area contributed by atoms with Crippen LogP contribution in [0.3, 0.4) is 0 Å². The summed E-state index contributed by atoms with van der Waals surface area (Å²) in [6.07, 6.45) is -1.86. The van der Waals surface area contributed by atoms with Crippen molar-refractivity contribution in [3.05, 3.63) is 35.4 Å². The van der Waals surface area contributed by atoms with Crippen molar-refractivity contribution in [3.8, 4) is 0 Å². The molecule has 0 radical (unpaired) electrons. The predicted octanol–water partition coefficient (Wildman–Crippen LogP) is 4.16. The maximum Gasteiger partial charge on any atom is 0.416 e. The number of halogens is 3. The van der Waals surface area contributed by atoms with Gasteiger partial charge in [-0.05, 0) is 56.5 Å². The van der Waals surface area contributed by atoms with Gasteiger partial charge in [-0.1, -0.05) is 26.0 Å². The highest BCUT2D eigenvalue weighted by Gasteiger charge is 2.36. The van der Waals surface area contributed by atoms with Crippen molar-refractivity contribution in [2.75, 3.05) is 32.7 Å². The van der Waals surface area contributed by atoms with Gasteiger partial charge < -0.3 is 5.32 Å². The first-order valence-electron chi connectivity index (χ1n) is 10.1. The molecule has 2 saturated heterocycles. The van der Waals surface area contributed by atoms with E-state index in [2.05, 4.69) is 35.9 Å². The summed E-state index contributed by atoms with van der Waals surface area (Å²) in [5.41, 5.74) is 0.388. The molecule has 0 bridgehead atoms. The summed E-state index contributed by atoms with van der Waals surface area (Å²) in [6, 6.07) is 6.91. The number of piperidine rings is 1. The number of benzene rings is 1. The highest BCUT2D eigenvalue weighted by molar-refractivity contribution is 5.26. The van der Waals surface area contributed by atoms with E-state index in [0.29, 0.717) is 18.0 Å². The Kier molecular flexibility index (Phi) is 6.49. The van der Waals surface area contributed by atoms with Gasteiger partial charge in [0.15, 0.2) is 0 Å². The largest absolute Gasteiger partial charge is 0.416 e. The monoisotopic (exact) mass is 383 g/mol. The number of rotatable bonds is 4. The number of alkyl halides is 3. The Morgan fingerprint density at radius 3 is 2.19 bits per heavy atom. The molecule has 2 atom stereocenters. The Balaban J connectivity index is 1.71. The molecule has 3 rings (SSSR count). The second-order valence-electron chi connectivity index (χ2n) is 8.32. The topological polar surface area (TPSA) is 18.5 Å². The van der Waals surface area contributed by atoms with Gasteiger partial charge in [0.25, 0.3) is 0 Å². The van der Waals surface area contributed by atoms with E-state index >= 15 is 0 Å². The van der Waals surface area contributed by atoms with Crippen LogP contribution in [0.4, 0.5) is 13.2 Å². The zero-order chi connectivity index (χ0) is 19.6. The van der Waals surface area contributed by atoms with Crippen molar-refractivity contribution in [3.63, 3.8) is 0 Å². The summed E-state index contributed by atoms with van der Waals surface area (Å²) in [5, 5.41) is 3.43. The second kappa shape index (κ2) is 8.50. The zero-order valence-electron chi connectivity index (χ0n) is 16.6. The highest BCUT2D eigenvalue weighted by atomic mass is 19.4. The third-order valence-corrected chi connectivity index (χ3v) is 6.31. The predicted molar refractivity (Wildman–Crippen MR) is 103 cm³/mol. The van der Waals surface area contributed by atoms with E-state index in [1.54, 1.807) is 12.1 Å². The lowest BCUT2D eigenvalue weighted by molar-refractivity contribution is -0.137.